The highest BCUT2D eigenvalue weighted by atomic mass is 19.2. The fourth-order valence-corrected chi connectivity index (χ4v) is 4.18. The minimum Gasteiger partial charge on any atom is -0.379 e. The minimum atomic E-state index is -1.55. The predicted molar refractivity (Wildman–Crippen MR) is 98.3 cm³/mol. The summed E-state index contributed by atoms with van der Waals surface area (Å²) in [6.45, 7) is 0.914. The average molecular weight is 390 g/mol. The molecule has 28 heavy (non-hydrogen) atoms. The molecule has 150 valence electrons. The third-order valence-corrected chi connectivity index (χ3v) is 5.70. The summed E-state index contributed by atoms with van der Waals surface area (Å²) in [4.78, 5) is 14.2. The van der Waals surface area contributed by atoms with E-state index >= 15 is 0 Å². The second kappa shape index (κ2) is 7.60. The smallest absolute Gasteiger partial charge is 0.256 e. The van der Waals surface area contributed by atoms with Gasteiger partial charge in [-0.3, -0.25) is 9.89 Å². The van der Waals surface area contributed by atoms with E-state index in [9.17, 15) is 18.7 Å². The van der Waals surface area contributed by atoms with Crippen molar-refractivity contribution in [2.75, 3.05) is 13.1 Å². The number of hydrogen-bond acceptors (Lipinski definition) is 4. The van der Waals surface area contributed by atoms with Crippen LogP contribution in [-0.4, -0.2) is 44.8 Å². The Morgan fingerprint density at radius 2 is 2.14 bits per heavy atom. The number of amides is 1. The molecule has 1 fully saturated rings. The zero-order valence-corrected chi connectivity index (χ0v) is 15.6. The summed E-state index contributed by atoms with van der Waals surface area (Å²) in [5, 5.41) is 21.4. The Morgan fingerprint density at radius 3 is 3.00 bits per heavy atom. The van der Waals surface area contributed by atoms with E-state index in [4.69, 9.17) is 0 Å². The van der Waals surface area contributed by atoms with Crippen molar-refractivity contribution in [2.24, 2.45) is 0 Å². The van der Waals surface area contributed by atoms with Gasteiger partial charge in [0.05, 0.1) is 5.69 Å². The summed E-state index contributed by atoms with van der Waals surface area (Å²) in [5.74, 6) is -2.34. The molecule has 1 atom stereocenters. The number of halogens is 2. The van der Waals surface area contributed by atoms with Gasteiger partial charge in [0.2, 0.25) is 0 Å². The number of piperidine rings is 1. The number of fused-ring (bicyclic) bond motifs is 1. The lowest BCUT2D eigenvalue weighted by molar-refractivity contribution is -0.157. The van der Waals surface area contributed by atoms with Gasteiger partial charge in [-0.15, -0.1) is 0 Å². The second-order valence-electron chi connectivity index (χ2n) is 7.66. The van der Waals surface area contributed by atoms with Crippen LogP contribution >= 0.6 is 0 Å². The highest BCUT2D eigenvalue weighted by Crippen LogP contribution is 2.26. The molecule has 0 bridgehead atoms. The van der Waals surface area contributed by atoms with Crippen molar-refractivity contribution >= 4 is 5.91 Å². The molecule has 0 spiro atoms. The summed E-state index contributed by atoms with van der Waals surface area (Å²) >= 11 is 0. The van der Waals surface area contributed by atoms with Gasteiger partial charge in [0, 0.05) is 37.4 Å². The molecular weight excluding hydrogens is 366 g/mol. The zero-order valence-electron chi connectivity index (χ0n) is 15.6. The molecule has 1 aromatic heterocycles. The van der Waals surface area contributed by atoms with Crippen LogP contribution in [0.15, 0.2) is 18.2 Å². The molecule has 1 aliphatic carbocycles. The van der Waals surface area contributed by atoms with Gasteiger partial charge in [0.1, 0.15) is 0 Å². The van der Waals surface area contributed by atoms with Crippen LogP contribution in [0.1, 0.15) is 41.8 Å². The van der Waals surface area contributed by atoms with Crippen molar-refractivity contribution in [1.82, 2.24) is 20.4 Å². The molecule has 2 aliphatic rings. The molecule has 0 saturated carbocycles. The molecule has 8 heteroatoms. The van der Waals surface area contributed by atoms with Crippen molar-refractivity contribution in [3.05, 3.63) is 52.3 Å². The van der Waals surface area contributed by atoms with Gasteiger partial charge >= 0.3 is 0 Å². The van der Waals surface area contributed by atoms with Crippen molar-refractivity contribution in [1.29, 1.82) is 0 Å². The Hall–Kier alpha value is -2.32. The van der Waals surface area contributed by atoms with Crippen LogP contribution in [0.5, 0.6) is 0 Å². The molecule has 0 unspecified atom stereocenters. The molecule has 1 saturated heterocycles. The molecule has 0 radical (unpaired) electrons. The SMILES string of the molecule is O=C1N(Cc2cccc(F)c2F)CCC[C@]1(O)CNCc1n[nH]c2c1CCC2. The number of aliphatic hydroxyl groups is 1. The van der Waals surface area contributed by atoms with Crippen molar-refractivity contribution in [2.45, 2.75) is 50.8 Å². The summed E-state index contributed by atoms with van der Waals surface area (Å²) in [7, 11) is 0. The highest BCUT2D eigenvalue weighted by molar-refractivity contribution is 5.86. The molecule has 2 aromatic rings. The summed E-state index contributed by atoms with van der Waals surface area (Å²) in [6, 6.07) is 3.91. The Labute approximate surface area is 161 Å². The molecule has 4 rings (SSSR count). The van der Waals surface area contributed by atoms with E-state index in [1.54, 1.807) is 0 Å². The number of rotatable bonds is 6. The van der Waals surface area contributed by atoms with Gasteiger partial charge in [-0.1, -0.05) is 12.1 Å². The van der Waals surface area contributed by atoms with Crippen LogP contribution in [0.25, 0.3) is 0 Å². The van der Waals surface area contributed by atoms with E-state index in [-0.39, 0.29) is 18.7 Å². The maximum atomic E-state index is 13.9. The molecule has 1 aromatic carbocycles. The van der Waals surface area contributed by atoms with Crippen LogP contribution < -0.4 is 5.32 Å². The zero-order chi connectivity index (χ0) is 19.7. The number of likely N-dealkylation sites (tertiary alicyclic amines) is 1. The van der Waals surface area contributed by atoms with Crippen LogP contribution in [0.4, 0.5) is 8.78 Å². The number of carbonyl (C=O) groups is 1. The maximum Gasteiger partial charge on any atom is 0.256 e. The lowest BCUT2D eigenvalue weighted by Gasteiger charge is -2.38. The number of aromatic amines is 1. The predicted octanol–water partition coefficient (Wildman–Crippen LogP) is 1.82. The first-order valence-corrected chi connectivity index (χ1v) is 9.68. The highest BCUT2D eigenvalue weighted by Gasteiger charge is 2.42. The monoisotopic (exact) mass is 390 g/mol. The van der Waals surface area contributed by atoms with Crippen LogP contribution in [0, 0.1) is 11.6 Å². The maximum absolute atomic E-state index is 13.9. The fraction of sp³-hybridized carbons (Fsp3) is 0.500. The van der Waals surface area contributed by atoms with Gasteiger partial charge < -0.3 is 15.3 Å². The van der Waals surface area contributed by atoms with Gasteiger partial charge in [0.15, 0.2) is 17.2 Å². The van der Waals surface area contributed by atoms with E-state index in [2.05, 4.69) is 15.5 Å². The first-order chi connectivity index (χ1) is 13.5. The van der Waals surface area contributed by atoms with Crippen molar-refractivity contribution in [3.63, 3.8) is 0 Å². The topological polar surface area (TPSA) is 81.2 Å². The number of hydrogen-bond donors (Lipinski definition) is 3. The first kappa shape index (κ1) is 19.0. The van der Waals surface area contributed by atoms with Crippen LogP contribution in [0.2, 0.25) is 0 Å². The summed E-state index contributed by atoms with van der Waals surface area (Å²) < 4.78 is 27.4. The van der Waals surface area contributed by atoms with Gasteiger partial charge in [-0.2, -0.15) is 5.10 Å². The second-order valence-corrected chi connectivity index (χ2v) is 7.66. The number of aryl methyl sites for hydroxylation is 1. The molecule has 1 amide bonds. The van der Waals surface area contributed by atoms with Crippen LogP contribution in [-0.2, 0) is 30.7 Å². The quantitative estimate of drug-likeness (QED) is 0.703. The summed E-state index contributed by atoms with van der Waals surface area (Å²) in [6.07, 6.45) is 4.05. The minimum absolute atomic E-state index is 0.0579. The normalized spacial score (nSPS) is 22.0. The molecular formula is C20H24F2N4O2. The number of benzene rings is 1. The molecule has 6 nitrogen and oxygen atoms in total. The lowest BCUT2D eigenvalue weighted by atomic mass is 9.91. The number of aromatic nitrogens is 2. The standard InChI is InChI=1S/C20H24F2N4O2/c21-15-6-1-4-13(18(15)22)11-26-9-3-8-20(28,19(26)27)12-23-10-17-14-5-2-7-16(14)24-25-17/h1,4,6,23,28H,2-3,5,7-12H2,(H,24,25)/t20-/m0/s1. The van der Waals surface area contributed by atoms with E-state index < -0.39 is 23.1 Å². The van der Waals surface area contributed by atoms with Gasteiger partial charge in [0.25, 0.3) is 5.91 Å². The third kappa shape index (κ3) is 3.54. The largest absolute Gasteiger partial charge is 0.379 e. The molecule has 2 heterocycles. The Bertz CT molecular complexity index is 885. The average Bonchev–Trinajstić information content (AvgIpc) is 3.28. The van der Waals surface area contributed by atoms with E-state index in [1.165, 1.54) is 28.3 Å². The first-order valence-electron chi connectivity index (χ1n) is 9.68. The van der Waals surface area contributed by atoms with Crippen molar-refractivity contribution in [3.8, 4) is 0 Å². The van der Waals surface area contributed by atoms with E-state index in [1.807, 2.05) is 0 Å². The lowest BCUT2D eigenvalue weighted by Crippen LogP contribution is -2.57. The Morgan fingerprint density at radius 1 is 1.29 bits per heavy atom. The van der Waals surface area contributed by atoms with Crippen molar-refractivity contribution < 1.29 is 18.7 Å². The third-order valence-electron chi connectivity index (χ3n) is 5.70. The number of carbonyl (C=O) groups excluding carboxylic acids is 1. The summed E-state index contributed by atoms with van der Waals surface area (Å²) in [5.41, 5.74) is 1.89. The Balaban J connectivity index is 1.39. The number of H-pyrrole nitrogens is 1. The Kier molecular flexibility index (Phi) is 5.16. The van der Waals surface area contributed by atoms with E-state index in [0.29, 0.717) is 25.9 Å². The molecule has 3 N–H and O–H groups in total. The van der Waals surface area contributed by atoms with Gasteiger partial charge in [-0.05, 0) is 43.7 Å². The van der Waals surface area contributed by atoms with Gasteiger partial charge in [-0.25, -0.2) is 8.78 Å². The van der Waals surface area contributed by atoms with E-state index in [0.717, 1.165) is 31.0 Å². The number of nitrogens with zero attached hydrogens (tertiary/aromatic N) is 2. The number of nitrogens with one attached hydrogen (secondary N) is 2. The molecule has 1 aliphatic heterocycles. The fourth-order valence-electron chi connectivity index (χ4n) is 4.18. The van der Waals surface area contributed by atoms with Crippen LogP contribution in [0.3, 0.4) is 0 Å².